The van der Waals surface area contributed by atoms with Gasteiger partial charge < -0.3 is 9.64 Å². The number of methoxy groups -OCH3 is 1. The molecular formula is C14H28N4O. The molecule has 2 fully saturated rings. The van der Waals surface area contributed by atoms with E-state index in [-0.39, 0.29) is 0 Å². The summed E-state index contributed by atoms with van der Waals surface area (Å²) in [6.07, 6.45) is 7.86. The normalized spacial score (nSPS) is 28.1. The van der Waals surface area contributed by atoms with Gasteiger partial charge >= 0.3 is 0 Å². The van der Waals surface area contributed by atoms with Crippen LogP contribution in [0, 0.1) is 11.8 Å². The number of hydrogen-bond donors (Lipinski definition) is 2. The van der Waals surface area contributed by atoms with E-state index in [0.29, 0.717) is 0 Å². The van der Waals surface area contributed by atoms with E-state index >= 15 is 0 Å². The van der Waals surface area contributed by atoms with Crippen molar-refractivity contribution in [1.29, 1.82) is 0 Å². The summed E-state index contributed by atoms with van der Waals surface area (Å²) in [6.45, 7) is 3.75. The molecule has 19 heavy (non-hydrogen) atoms. The fourth-order valence-corrected chi connectivity index (χ4v) is 3.42. The summed E-state index contributed by atoms with van der Waals surface area (Å²) in [5, 5.41) is 0. The summed E-state index contributed by atoms with van der Waals surface area (Å²) in [4.78, 5) is 6.90. The van der Waals surface area contributed by atoms with Crippen LogP contribution in [0.3, 0.4) is 0 Å². The molecule has 0 radical (unpaired) electrons. The van der Waals surface area contributed by atoms with Crippen molar-refractivity contribution in [2.45, 2.75) is 38.5 Å². The van der Waals surface area contributed by atoms with E-state index in [1.165, 1.54) is 32.1 Å². The molecule has 3 N–H and O–H groups in total. The summed E-state index contributed by atoms with van der Waals surface area (Å²) in [5.41, 5.74) is 2.78. The molecule has 5 heteroatoms. The zero-order valence-corrected chi connectivity index (χ0v) is 12.1. The molecule has 1 heterocycles. The molecule has 2 rings (SSSR count). The topological polar surface area (TPSA) is 62.9 Å². The summed E-state index contributed by atoms with van der Waals surface area (Å²) in [5.74, 6) is 8.28. The molecule has 0 aromatic heterocycles. The van der Waals surface area contributed by atoms with Gasteiger partial charge in [0.2, 0.25) is 5.96 Å². The van der Waals surface area contributed by atoms with E-state index in [0.717, 1.165) is 50.5 Å². The molecule has 1 aliphatic carbocycles. The number of likely N-dealkylation sites (tertiary alicyclic amines) is 1. The van der Waals surface area contributed by atoms with E-state index in [2.05, 4.69) is 15.3 Å². The summed E-state index contributed by atoms with van der Waals surface area (Å²) < 4.78 is 5.04. The molecule has 2 aliphatic rings. The molecule has 2 atom stereocenters. The fraction of sp³-hybridized carbons (Fsp3) is 0.929. The molecule has 5 nitrogen and oxygen atoms in total. The maximum atomic E-state index is 5.63. The number of nitrogens with one attached hydrogen (secondary N) is 1. The lowest BCUT2D eigenvalue weighted by Crippen LogP contribution is -2.51. The number of piperidine rings is 1. The first-order valence-corrected chi connectivity index (χ1v) is 7.60. The van der Waals surface area contributed by atoms with Crippen LogP contribution in [0.25, 0.3) is 0 Å². The monoisotopic (exact) mass is 268 g/mol. The van der Waals surface area contributed by atoms with E-state index in [1.54, 1.807) is 7.11 Å². The van der Waals surface area contributed by atoms with Gasteiger partial charge in [0.1, 0.15) is 0 Å². The molecule has 0 aromatic rings. The Morgan fingerprint density at radius 1 is 1.32 bits per heavy atom. The Morgan fingerprint density at radius 3 is 2.84 bits per heavy atom. The van der Waals surface area contributed by atoms with Crippen molar-refractivity contribution in [3.05, 3.63) is 0 Å². The van der Waals surface area contributed by atoms with Crippen LogP contribution in [0.1, 0.15) is 38.5 Å². The first-order chi connectivity index (χ1) is 9.35. The smallest absolute Gasteiger partial charge is 0.208 e. The zero-order chi connectivity index (χ0) is 13.5. The Hall–Kier alpha value is -0.810. The highest BCUT2D eigenvalue weighted by Gasteiger charge is 2.32. The minimum atomic E-state index is 0.756. The molecule has 2 unspecified atom stereocenters. The Balaban J connectivity index is 1.84. The van der Waals surface area contributed by atoms with Crippen LogP contribution >= 0.6 is 0 Å². The Labute approximate surface area is 116 Å². The third-order valence-electron chi connectivity index (χ3n) is 4.49. The molecule has 0 spiro atoms. The van der Waals surface area contributed by atoms with Gasteiger partial charge in [-0.2, -0.15) is 0 Å². The van der Waals surface area contributed by atoms with Crippen LogP contribution < -0.4 is 11.3 Å². The van der Waals surface area contributed by atoms with E-state index in [1.807, 2.05) is 0 Å². The average molecular weight is 268 g/mol. The Kier molecular flexibility index (Phi) is 5.92. The molecule has 0 amide bonds. The van der Waals surface area contributed by atoms with E-state index < -0.39 is 0 Å². The van der Waals surface area contributed by atoms with Crippen molar-refractivity contribution in [3.63, 3.8) is 0 Å². The lowest BCUT2D eigenvalue weighted by molar-refractivity contribution is 0.127. The van der Waals surface area contributed by atoms with Gasteiger partial charge in [-0.05, 0) is 31.1 Å². The first kappa shape index (κ1) is 14.6. The molecule has 1 saturated heterocycles. The van der Waals surface area contributed by atoms with Crippen LogP contribution in [0.2, 0.25) is 0 Å². The lowest BCUT2D eigenvalue weighted by atomic mass is 9.75. The number of hydrazine groups is 1. The highest BCUT2D eigenvalue weighted by molar-refractivity contribution is 5.79. The molecule has 1 saturated carbocycles. The van der Waals surface area contributed by atoms with Gasteiger partial charge in [0.05, 0.1) is 0 Å². The van der Waals surface area contributed by atoms with Crippen LogP contribution in [0.15, 0.2) is 4.99 Å². The molecule has 1 aliphatic heterocycles. The highest BCUT2D eigenvalue weighted by atomic mass is 16.5. The van der Waals surface area contributed by atoms with Gasteiger partial charge in [-0.1, -0.05) is 19.3 Å². The van der Waals surface area contributed by atoms with Gasteiger partial charge in [-0.25, -0.2) is 5.84 Å². The average Bonchev–Trinajstić information content (AvgIpc) is 2.47. The van der Waals surface area contributed by atoms with Crippen molar-refractivity contribution in [3.8, 4) is 0 Å². The minimum absolute atomic E-state index is 0.756. The number of nitrogens with two attached hydrogens (primary N) is 1. The van der Waals surface area contributed by atoms with Crippen LogP contribution in [0.5, 0.6) is 0 Å². The number of nitrogens with zero attached hydrogens (tertiary/aromatic N) is 2. The number of fused-ring (bicyclic) bond motifs is 1. The first-order valence-electron chi connectivity index (χ1n) is 7.60. The van der Waals surface area contributed by atoms with Gasteiger partial charge in [0.15, 0.2) is 0 Å². The quantitative estimate of drug-likeness (QED) is 0.266. The highest BCUT2D eigenvalue weighted by Crippen LogP contribution is 2.35. The number of hydrogen-bond acceptors (Lipinski definition) is 3. The van der Waals surface area contributed by atoms with E-state index in [4.69, 9.17) is 10.6 Å². The third-order valence-corrected chi connectivity index (χ3v) is 4.49. The molecular weight excluding hydrogens is 240 g/mol. The lowest BCUT2D eigenvalue weighted by Gasteiger charge is -2.42. The second-order valence-corrected chi connectivity index (χ2v) is 5.74. The van der Waals surface area contributed by atoms with Crippen molar-refractivity contribution in [2.24, 2.45) is 22.7 Å². The minimum Gasteiger partial charge on any atom is -0.385 e. The molecule has 0 bridgehead atoms. The van der Waals surface area contributed by atoms with Crippen molar-refractivity contribution < 1.29 is 4.74 Å². The van der Waals surface area contributed by atoms with Gasteiger partial charge in [-0.15, -0.1) is 0 Å². The second-order valence-electron chi connectivity index (χ2n) is 5.74. The number of guanidine groups is 1. The van der Waals surface area contributed by atoms with Crippen molar-refractivity contribution in [2.75, 3.05) is 33.4 Å². The second kappa shape index (κ2) is 7.70. The summed E-state index contributed by atoms with van der Waals surface area (Å²) >= 11 is 0. The van der Waals surface area contributed by atoms with Gasteiger partial charge in [0.25, 0.3) is 0 Å². The van der Waals surface area contributed by atoms with Crippen LogP contribution in [0.4, 0.5) is 0 Å². The van der Waals surface area contributed by atoms with Gasteiger partial charge in [0, 0.05) is 33.4 Å². The van der Waals surface area contributed by atoms with E-state index in [9.17, 15) is 0 Å². The maximum absolute atomic E-state index is 5.63. The number of aliphatic imine (C=N–C) groups is 1. The zero-order valence-electron chi connectivity index (χ0n) is 12.1. The Bertz CT molecular complexity index is 295. The maximum Gasteiger partial charge on any atom is 0.208 e. The van der Waals surface area contributed by atoms with Gasteiger partial charge in [-0.3, -0.25) is 10.4 Å². The molecule has 0 aromatic carbocycles. The summed E-state index contributed by atoms with van der Waals surface area (Å²) in [7, 11) is 1.72. The largest absolute Gasteiger partial charge is 0.385 e. The number of ether oxygens (including phenoxy) is 1. The Morgan fingerprint density at radius 2 is 2.11 bits per heavy atom. The standard InChI is InChI=1S/C14H28N4O/c1-19-10-4-8-16-14(17-15)18-9-7-12-5-2-3-6-13(12)11-18/h12-13H,2-11,15H2,1H3,(H,16,17). The van der Waals surface area contributed by atoms with Crippen molar-refractivity contribution >= 4 is 5.96 Å². The summed E-state index contributed by atoms with van der Waals surface area (Å²) in [6, 6.07) is 0. The fourth-order valence-electron chi connectivity index (χ4n) is 3.42. The SMILES string of the molecule is COCCCN=C(NN)N1CCC2CCCCC2C1. The molecule has 110 valence electrons. The number of rotatable bonds is 4. The third kappa shape index (κ3) is 4.08. The predicted octanol–water partition coefficient (Wildman–Crippen LogP) is 1.35. The predicted molar refractivity (Wildman–Crippen MR) is 77.8 cm³/mol. The van der Waals surface area contributed by atoms with Crippen molar-refractivity contribution in [1.82, 2.24) is 10.3 Å². The van der Waals surface area contributed by atoms with Crippen LogP contribution in [-0.2, 0) is 4.74 Å². The van der Waals surface area contributed by atoms with Crippen LogP contribution in [-0.4, -0.2) is 44.2 Å².